The number of rotatable bonds is 4. The van der Waals surface area contributed by atoms with Crippen LogP contribution in [0.4, 0.5) is 10.2 Å². The molecule has 18 heavy (non-hydrogen) atoms. The molecular weight excluding hydrogens is 257 g/mol. The highest BCUT2D eigenvalue weighted by Crippen LogP contribution is 2.10. The molecule has 2 aromatic rings. The van der Waals surface area contributed by atoms with Gasteiger partial charge in [-0.1, -0.05) is 18.2 Å². The van der Waals surface area contributed by atoms with Crippen molar-refractivity contribution in [1.29, 1.82) is 0 Å². The zero-order chi connectivity index (χ0) is 13.0. The first kappa shape index (κ1) is 12.6. The molecule has 1 aromatic heterocycles. The summed E-state index contributed by atoms with van der Waals surface area (Å²) in [5, 5.41) is 6.61. The molecule has 1 aromatic carbocycles. The van der Waals surface area contributed by atoms with Crippen LogP contribution in [0, 0.1) is 5.82 Å². The molecule has 0 atom stereocenters. The number of halogens is 2. The highest BCUT2D eigenvalue weighted by atomic mass is 35.5. The van der Waals surface area contributed by atoms with E-state index in [9.17, 15) is 9.18 Å². The molecule has 0 saturated heterocycles. The highest BCUT2D eigenvalue weighted by Gasteiger charge is 2.05. The van der Waals surface area contributed by atoms with Crippen molar-refractivity contribution in [3.63, 3.8) is 0 Å². The second-order valence-corrected chi connectivity index (χ2v) is 3.94. The van der Waals surface area contributed by atoms with Crippen molar-refractivity contribution in [3.05, 3.63) is 47.9 Å². The molecule has 6 heteroatoms. The number of hydrogen-bond donors (Lipinski definition) is 1. The lowest BCUT2D eigenvalue weighted by atomic mass is 10.2. The van der Waals surface area contributed by atoms with Gasteiger partial charge < -0.3 is 5.32 Å². The third kappa shape index (κ3) is 3.07. The van der Waals surface area contributed by atoms with Crippen molar-refractivity contribution >= 4 is 23.3 Å². The summed E-state index contributed by atoms with van der Waals surface area (Å²) < 4.78 is 15.0. The molecule has 0 aliphatic carbocycles. The van der Waals surface area contributed by atoms with Crippen molar-refractivity contribution in [2.45, 2.75) is 6.54 Å². The third-order valence-electron chi connectivity index (χ3n) is 2.32. The van der Waals surface area contributed by atoms with Gasteiger partial charge in [0, 0.05) is 17.8 Å². The Kier molecular flexibility index (Phi) is 3.94. The summed E-state index contributed by atoms with van der Waals surface area (Å²) in [6, 6.07) is 8.11. The van der Waals surface area contributed by atoms with E-state index < -0.39 is 0 Å². The van der Waals surface area contributed by atoms with Crippen LogP contribution in [-0.4, -0.2) is 21.6 Å². The first-order valence-corrected chi connectivity index (χ1v) is 5.85. The van der Waals surface area contributed by atoms with Crippen LogP contribution in [0.15, 0.2) is 36.5 Å². The molecule has 0 fully saturated rings. The summed E-state index contributed by atoms with van der Waals surface area (Å²) in [5.41, 5.74) is 0.538. The monoisotopic (exact) mass is 267 g/mol. The van der Waals surface area contributed by atoms with Gasteiger partial charge in [-0.25, -0.2) is 4.39 Å². The number of anilines is 1. The van der Waals surface area contributed by atoms with Gasteiger partial charge in [-0.2, -0.15) is 5.10 Å². The first-order valence-electron chi connectivity index (χ1n) is 5.31. The Hall–Kier alpha value is -1.88. The van der Waals surface area contributed by atoms with E-state index in [-0.39, 0.29) is 17.6 Å². The zero-order valence-corrected chi connectivity index (χ0v) is 10.2. The van der Waals surface area contributed by atoms with Gasteiger partial charge in [-0.05, 0) is 6.07 Å². The fourth-order valence-corrected chi connectivity index (χ4v) is 1.56. The normalized spacial score (nSPS) is 10.3. The fraction of sp³-hybridized carbons (Fsp3) is 0.167. The number of carbonyl (C=O) groups is 1. The van der Waals surface area contributed by atoms with Crippen LogP contribution in [0.3, 0.4) is 0 Å². The molecule has 0 bridgehead atoms. The van der Waals surface area contributed by atoms with Crippen LogP contribution in [0.5, 0.6) is 0 Å². The predicted octanol–water partition coefficient (Wildman–Crippen LogP) is 2.25. The maximum Gasteiger partial charge on any atom is 0.240 e. The molecule has 1 N–H and O–H groups in total. The Morgan fingerprint density at radius 3 is 2.89 bits per heavy atom. The number of nitrogens with zero attached hydrogens (tertiary/aromatic N) is 2. The summed E-state index contributed by atoms with van der Waals surface area (Å²) in [5.74, 6) is -0.329. The van der Waals surface area contributed by atoms with Crippen molar-refractivity contribution in [2.24, 2.45) is 0 Å². The molecule has 0 aliphatic heterocycles. The number of alkyl halides is 1. The molecule has 4 nitrogen and oxygen atoms in total. The van der Waals surface area contributed by atoms with Gasteiger partial charge in [0.25, 0.3) is 0 Å². The lowest BCUT2D eigenvalue weighted by Gasteiger charge is -2.03. The lowest BCUT2D eigenvalue weighted by molar-refractivity contribution is -0.113. The Bertz CT molecular complexity index is 556. The van der Waals surface area contributed by atoms with E-state index in [0.29, 0.717) is 17.9 Å². The number of hydrogen-bond acceptors (Lipinski definition) is 2. The van der Waals surface area contributed by atoms with E-state index in [1.165, 1.54) is 6.07 Å². The van der Waals surface area contributed by atoms with Gasteiger partial charge in [0.2, 0.25) is 5.91 Å². The second kappa shape index (κ2) is 5.64. The smallest absolute Gasteiger partial charge is 0.240 e. The standard InChI is InChI=1S/C12H11ClFN3O/c13-7-12(18)15-11-5-6-17(16-11)8-9-3-1-2-4-10(9)14/h1-6H,7-8H2,(H,15,16,18). The largest absolute Gasteiger partial charge is 0.308 e. The average molecular weight is 268 g/mol. The Labute approximate surface area is 108 Å². The summed E-state index contributed by atoms with van der Waals surface area (Å²) in [6.45, 7) is 0.309. The average Bonchev–Trinajstić information content (AvgIpc) is 2.79. The number of benzene rings is 1. The van der Waals surface area contributed by atoms with E-state index in [0.717, 1.165) is 0 Å². The van der Waals surface area contributed by atoms with E-state index in [4.69, 9.17) is 11.6 Å². The van der Waals surface area contributed by atoms with Gasteiger partial charge in [0.1, 0.15) is 11.7 Å². The zero-order valence-electron chi connectivity index (χ0n) is 9.44. The molecule has 0 unspecified atom stereocenters. The fourth-order valence-electron chi connectivity index (χ4n) is 1.49. The SMILES string of the molecule is O=C(CCl)Nc1ccn(Cc2ccccc2F)n1. The summed E-state index contributed by atoms with van der Waals surface area (Å²) in [6.07, 6.45) is 1.66. The van der Waals surface area contributed by atoms with E-state index in [1.807, 2.05) is 0 Å². The Morgan fingerprint density at radius 2 is 2.17 bits per heavy atom. The lowest BCUT2D eigenvalue weighted by Crippen LogP contribution is -2.13. The van der Waals surface area contributed by atoms with Gasteiger partial charge >= 0.3 is 0 Å². The first-order chi connectivity index (χ1) is 8.69. The van der Waals surface area contributed by atoms with Gasteiger partial charge in [-0.15, -0.1) is 11.6 Å². The van der Waals surface area contributed by atoms with Crippen LogP contribution in [0.2, 0.25) is 0 Å². The van der Waals surface area contributed by atoms with Crippen LogP contribution in [0.1, 0.15) is 5.56 Å². The molecule has 0 aliphatic rings. The quantitative estimate of drug-likeness (QED) is 0.864. The topological polar surface area (TPSA) is 46.9 Å². The predicted molar refractivity (Wildman–Crippen MR) is 67.1 cm³/mol. The minimum atomic E-state index is -0.326. The van der Waals surface area contributed by atoms with Gasteiger partial charge in [-0.3, -0.25) is 9.48 Å². The van der Waals surface area contributed by atoms with Crippen LogP contribution in [0.25, 0.3) is 0 Å². The number of carbonyl (C=O) groups excluding carboxylic acids is 1. The van der Waals surface area contributed by atoms with Gasteiger partial charge in [0.05, 0.1) is 6.54 Å². The summed E-state index contributed by atoms with van der Waals surface area (Å²) in [4.78, 5) is 11.1. The number of aromatic nitrogens is 2. The summed E-state index contributed by atoms with van der Waals surface area (Å²) in [7, 11) is 0. The molecule has 0 radical (unpaired) electrons. The van der Waals surface area contributed by atoms with E-state index in [1.54, 1.807) is 35.1 Å². The molecule has 1 amide bonds. The molecular formula is C12H11ClFN3O. The highest BCUT2D eigenvalue weighted by molar-refractivity contribution is 6.28. The molecule has 2 rings (SSSR count). The molecule has 0 spiro atoms. The molecule has 94 valence electrons. The number of amides is 1. The van der Waals surface area contributed by atoms with Crippen LogP contribution < -0.4 is 5.32 Å². The second-order valence-electron chi connectivity index (χ2n) is 3.67. The van der Waals surface area contributed by atoms with Crippen molar-refractivity contribution in [1.82, 2.24) is 9.78 Å². The number of nitrogens with one attached hydrogen (secondary N) is 1. The Balaban J connectivity index is 2.07. The summed E-state index contributed by atoms with van der Waals surface area (Å²) >= 11 is 5.36. The molecule has 0 saturated carbocycles. The van der Waals surface area contributed by atoms with Crippen LogP contribution in [-0.2, 0) is 11.3 Å². The van der Waals surface area contributed by atoms with Crippen LogP contribution >= 0.6 is 11.6 Å². The van der Waals surface area contributed by atoms with Crippen molar-refractivity contribution in [3.8, 4) is 0 Å². The van der Waals surface area contributed by atoms with E-state index in [2.05, 4.69) is 10.4 Å². The minimum absolute atomic E-state index is 0.125. The third-order valence-corrected chi connectivity index (χ3v) is 2.56. The minimum Gasteiger partial charge on any atom is -0.308 e. The Morgan fingerprint density at radius 1 is 1.39 bits per heavy atom. The van der Waals surface area contributed by atoms with E-state index >= 15 is 0 Å². The maximum absolute atomic E-state index is 13.4. The molecule has 1 heterocycles. The van der Waals surface area contributed by atoms with Gasteiger partial charge in [0.15, 0.2) is 5.82 Å². The van der Waals surface area contributed by atoms with Crippen molar-refractivity contribution < 1.29 is 9.18 Å². The van der Waals surface area contributed by atoms with Crippen molar-refractivity contribution in [2.75, 3.05) is 11.2 Å². The maximum atomic E-state index is 13.4.